The number of hydrogen-bond donors (Lipinski definition) is 1. The molecule has 1 fully saturated rings. The molecule has 20 heavy (non-hydrogen) atoms. The molecule has 0 aliphatic heterocycles. The molecule has 0 saturated heterocycles. The summed E-state index contributed by atoms with van der Waals surface area (Å²) >= 11 is 0. The van der Waals surface area contributed by atoms with Gasteiger partial charge in [0, 0.05) is 7.05 Å². The van der Waals surface area contributed by atoms with Crippen LogP contribution >= 0.6 is 0 Å². The molecular formula is C14H20FNO3S. The Morgan fingerprint density at radius 2 is 1.95 bits per heavy atom. The number of halogens is 1. The molecule has 2 rings (SSSR count). The summed E-state index contributed by atoms with van der Waals surface area (Å²) in [5, 5.41) is 9.97. The van der Waals surface area contributed by atoms with Crippen LogP contribution in [0.3, 0.4) is 0 Å². The van der Waals surface area contributed by atoms with E-state index in [1.54, 1.807) is 6.92 Å². The van der Waals surface area contributed by atoms with E-state index < -0.39 is 28.0 Å². The summed E-state index contributed by atoms with van der Waals surface area (Å²) in [5.74, 6) is -0.757. The molecule has 1 saturated carbocycles. The molecule has 1 aliphatic carbocycles. The molecule has 0 radical (unpaired) electrons. The zero-order valence-corrected chi connectivity index (χ0v) is 12.5. The predicted molar refractivity (Wildman–Crippen MR) is 74.3 cm³/mol. The van der Waals surface area contributed by atoms with Crippen LogP contribution < -0.4 is 0 Å². The number of nitrogens with zero attached hydrogens (tertiary/aromatic N) is 1. The van der Waals surface area contributed by atoms with Gasteiger partial charge in [-0.25, -0.2) is 12.8 Å². The lowest BCUT2D eigenvalue weighted by atomic mass is 9.93. The van der Waals surface area contributed by atoms with Crippen LogP contribution in [0.25, 0.3) is 0 Å². The third-order valence-electron chi connectivity index (χ3n) is 3.90. The summed E-state index contributed by atoms with van der Waals surface area (Å²) in [4.78, 5) is -0.322. The third-order valence-corrected chi connectivity index (χ3v) is 5.80. The van der Waals surface area contributed by atoms with Gasteiger partial charge in [0.15, 0.2) is 0 Å². The van der Waals surface area contributed by atoms with Crippen molar-refractivity contribution in [3.63, 3.8) is 0 Å². The second-order valence-corrected chi connectivity index (χ2v) is 7.34. The molecule has 2 atom stereocenters. The van der Waals surface area contributed by atoms with Crippen LogP contribution in [0.1, 0.15) is 31.2 Å². The van der Waals surface area contributed by atoms with Crippen LogP contribution in [0.2, 0.25) is 0 Å². The number of benzene rings is 1. The predicted octanol–water partition coefficient (Wildman–Crippen LogP) is 2.06. The van der Waals surface area contributed by atoms with Crippen LogP contribution in [0.5, 0.6) is 0 Å². The van der Waals surface area contributed by atoms with E-state index in [0.29, 0.717) is 18.4 Å². The highest BCUT2D eigenvalue weighted by Crippen LogP contribution is 2.28. The van der Waals surface area contributed by atoms with Crippen LogP contribution in [0.15, 0.2) is 23.1 Å². The number of hydrogen-bond acceptors (Lipinski definition) is 3. The van der Waals surface area contributed by atoms with Crippen molar-refractivity contribution in [2.45, 2.75) is 49.6 Å². The maximum absolute atomic E-state index is 13.8. The van der Waals surface area contributed by atoms with E-state index in [1.165, 1.54) is 19.2 Å². The van der Waals surface area contributed by atoms with E-state index in [2.05, 4.69) is 0 Å². The summed E-state index contributed by atoms with van der Waals surface area (Å²) in [6.07, 6.45) is 2.27. The van der Waals surface area contributed by atoms with Gasteiger partial charge in [0.25, 0.3) is 0 Å². The van der Waals surface area contributed by atoms with E-state index in [1.807, 2.05) is 0 Å². The lowest BCUT2D eigenvalue weighted by molar-refractivity contribution is 0.0637. The smallest absolute Gasteiger partial charge is 0.246 e. The molecule has 6 heteroatoms. The molecule has 1 aliphatic rings. The van der Waals surface area contributed by atoms with E-state index in [0.717, 1.165) is 23.2 Å². The number of aliphatic hydroxyl groups is 1. The van der Waals surface area contributed by atoms with Gasteiger partial charge in [-0.1, -0.05) is 18.9 Å². The van der Waals surface area contributed by atoms with Crippen molar-refractivity contribution >= 4 is 10.0 Å². The molecule has 1 aromatic rings. The van der Waals surface area contributed by atoms with Crippen LogP contribution in [-0.2, 0) is 10.0 Å². The fourth-order valence-electron chi connectivity index (χ4n) is 2.66. The van der Waals surface area contributed by atoms with Crippen LogP contribution in [0.4, 0.5) is 4.39 Å². The van der Waals surface area contributed by atoms with E-state index in [-0.39, 0.29) is 4.90 Å². The lowest BCUT2D eigenvalue weighted by Crippen LogP contribution is -2.46. The number of likely N-dealkylation sites (N-methyl/N-ethyl adjacent to an activating group) is 1. The third kappa shape index (κ3) is 2.87. The number of aryl methyl sites for hydroxylation is 1. The second kappa shape index (κ2) is 5.79. The first-order valence-corrected chi connectivity index (χ1v) is 8.20. The molecule has 0 amide bonds. The number of sulfonamides is 1. The SMILES string of the molecule is Cc1ccc(F)c(S(=O)(=O)N(C)C2CCCCC2O)c1. The van der Waals surface area contributed by atoms with Crippen molar-refractivity contribution in [2.75, 3.05) is 7.05 Å². The minimum absolute atomic E-state index is 0.322. The first-order chi connectivity index (χ1) is 9.34. The van der Waals surface area contributed by atoms with Gasteiger partial charge in [0.05, 0.1) is 12.1 Å². The average Bonchev–Trinajstić information content (AvgIpc) is 2.41. The summed E-state index contributed by atoms with van der Waals surface area (Å²) < 4.78 is 40.0. The molecule has 0 spiro atoms. The van der Waals surface area contributed by atoms with Gasteiger partial charge in [0.2, 0.25) is 10.0 Å². The monoisotopic (exact) mass is 301 g/mol. The van der Waals surface area contributed by atoms with Crippen molar-refractivity contribution in [1.82, 2.24) is 4.31 Å². The van der Waals surface area contributed by atoms with Crippen molar-refractivity contribution in [1.29, 1.82) is 0 Å². The average molecular weight is 301 g/mol. The fraction of sp³-hybridized carbons (Fsp3) is 0.571. The normalized spacial score (nSPS) is 24.1. The Labute approximate surface area is 119 Å². The quantitative estimate of drug-likeness (QED) is 0.929. The Kier molecular flexibility index (Phi) is 4.46. The fourth-order valence-corrected chi connectivity index (χ4v) is 4.22. The van der Waals surface area contributed by atoms with Crippen molar-refractivity contribution in [3.8, 4) is 0 Å². The van der Waals surface area contributed by atoms with Gasteiger partial charge < -0.3 is 5.11 Å². The number of rotatable bonds is 3. The topological polar surface area (TPSA) is 57.6 Å². The Balaban J connectivity index is 2.36. The molecular weight excluding hydrogens is 281 g/mol. The number of aliphatic hydroxyl groups excluding tert-OH is 1. The Bertz CT molecular complexity index is 588. The largest absolute Gasteiger partial charge is 0.391 e. The van der Waals surface area contributed by atoms with Crippen LogP contribution in [0, 0.1) is 12.7 Å². The first-order valence-electron chi connectivity index (χ1n) is 6.76. The van der Waals surface area contributed by atoms with E-state index in [4.69, 9.17) is 0 Å². The summed E-state index contributed by atoms with van der Waals surface area (Å²) in [6.45, 7) is 1.72. The lowest BCUT2D eigenvalue weighted by Gasteiger charge is -2.34. The highest BCUT2D eigenvalue weighted by atomic mass is 32.2. The molecule has 0 aromatic heterocycles. The van der Waals surface area contributed by atoms with Gasteiger partial charge in [0.1, 0.15) is 10.7 Å². The van der Waals surface area contributed by atoms with Crippen molar-refractivity contribution in [3.05, 3.63) is 29.6 Å². The summed E-state index contributed by atoms with van der Waals surface area (Å²) in [6, 6.07) is 3.54. The van der Waals surface area contributed by atoms with Gasteiger partial charge >= 0.3 is 0 Å². The van der Waals surface area contributed by atoms with Gasteiger partial charge in [-0.05, 0) is 37.5 Å². The van der Waals surface area contributed by atoms with E-state index in [9.17, 15) is 17.9 Å². The first kappa shape index (κ1) is 15.4. The molecule has 1 aromatic carbocycles. The second-order valence-electron chi connectivity index (χ2n) is 5.37. The minimum Gasteiger partial charge on any atom is -0.391 e. The summed E-state index contributed by atoms with van der Waals surface area (Å²) in [7, 11) is -2.51. The Morgan fingerprint density at radius 3 is 2.60 bits per heavy atom. The molecule has 0 bridgehead atoms. The van der Waals surface area contributed by atoms with Crippen LogP contribution in [-0.4, -0.2) is 37.0 Å². The summed E-state index contributed by atoms with van der Waals surface area (Å²) in [5.41, 5.74) is 0.683. The molecule has 1 N–H and O–H groups in total. The van der Waals surface area contributed by atoms with Gasteiger partial charge in [-0.2, -0.15) is 4.31 Å². The molecule has 4 nitrogen and oxygen atoms in total. The molecule has 112 valence electrons. The van der Waals surface area contributed by atoms with E-state index >= 15 is 0 Å². The molecule has 0 heterocycles. The molecule has 2 unspecified atom stereocenters. The zero-order chi connectivity index (χ0) is 14.9. The van der Waals surface area contributed by atoms with Gasteiger partial charge in [-0.3, -0.25) is 0 Å². The highest BCUT2D eigenvalue weighted by Gasteiger charge is 2.35. The van der Waals surface area contributed by atoms with Gasteiger partial charge in [-0.15, -0.1) is 0 Å². The highest BCUT2D eigenvalue weighted by molar-refractivity contribution is 7.89. The van der Waals surface area contributed by atoms with Crippen molar-refractivity contribution in [2.24, 2.45) is 0 Å². The maximum Gasteiger partial charge on any atom is 0.246 e. The minimum atomic E-state index is -3.93. The Morgan fingerprint density at radius 1 is 1.30 bits per heavy atom. The Hall–Kier alpha value is -0.980. The maximum atomic E-state index is 13.8. The zero-order valence-electron chi connectivity index (χ0n) is 11.7. The van der Waals surface area contributed by atoms with Crippen molar-refractivity contribution < 1.29 is 17.9 Å². The standard InChI is InChI=1S/C14H20FNO3S/c1-10-7-8-11(15)14(9-10)20(18,19)16(2)12-5-3-4-6-13(12)17/h7-9,12-13,17H,3-6H2,1-2H3.